The maximum atomic E-state index is 13.1. The largest absolute Gasteiger partial charge is 0.435 e. The molecule has 1 aliphatic heterocycles. The second-order valence-corrected chi connectivity index (χ2v) is 9.60. The van der Waals surface area contributed by atoms with E-state index in [1.54, 1.807) is 0 Å². The second kappa shape index (κ2) is 9.59. The predicted octanol–water partition coefficient (Wildman–Crippen LogP) is 2.97. The quantitative estimate of drug-likeness (QED) is 0.643. The van der Waals surface area contributed by atoms with Crippen molar-refractivity contribution in [1.29, 1.82) is 0 Å². The fourth-order valence-electron chi connectivity index (χ4n) is 3.79. The Morgan fingerprint density at radius 3 is 2.53 bits per heavy atom. The summed E-state index contributed by atoms with van der Waals surface area (Å²) < 4.78 is 67.1. The molecule has 3 N–H and O–H groups in total. The molecule has 2 heterocycles. The highest BCUT2D eigenvalue weighted by atomic mass is 32.2. The first kappa shape index (κ1) is 24.2. The summed E-state index contributed by atoms with van der Waals surface area (Å²) in [5, 5.41) is 5.78. The topological polar surface area (TPSA) is 110 Å². The Labute approximate surface area is 184 Å². The van der Waals surface area contributed by atoms with Crippen LogP contribution in [0.5, 0.6) is 0 Å². The number of carbonyl (C=O) groups is 1. The monoisotopic (exact) mass is 473 g/mol. The van der Waals surface area contributed by atoms with Gasteiger partial charge in [-0.05, 0) is 56.5 Å². The van der Waals surface area contributed by atoms with Gasteiger partial charge in [-0.2, -0.15) is 22.6 Å². The maximum Gasteiger partial charge on any atom is 0.435 e. The van der Waals surface area contributed by atoms with Crippen LogP contribution in [0.25, 0.3) is 0 Å². The van der Waals surface area contributed by atoms with E-state index < -0.39 is 27.8 Å². The van der Waals surface area contributed by atoms with Crippen LogP contribution in [0.15, 0.2) is 35.2 Å². The number of hydrogen-bond donors (Lipinski definition) is 2. The van der Waals surface area contributed by atoms with E-state index in [0.29, 0.717) is 25.6 Å². The van der Waals surface area contributed by atoms with E-state index in [2.05, 4.69) is 10.4 Å². The summed E-state index contributed by atoms with van der Waals surface area (Å²) in [6, 6.07) is 6.14. The molecular formula is C20H26F3N5O3S. The van der Waals surface area contributed by atoms with E-state index in [1.807, 2.05) is 0 Å². The molecule has 1 fully saturated rings. The molecule has 0 saturated carbocycles. The molecule has 3 rings (SSSR count). The van der Waals surface area contributed by atoms with Crippen molar-refractivity contribution in [3.8, 4) is 0 Å². The van der Waals surface area contributed by atoms with Gasteiger partial charge in [0.25, 0.3) is 5.91 Å². The van der Waals surface area contributed by atoms with Gasteiger partial charge >= 0.3 is 6.18 Å². The number of amides is 1. The van der Waals surface area contributed by atoms with Crippen LogP contribution in [-0.4, -0.2) is 47.5 Å². The molecule has 32 heavy (non-hydrogen) atoms. The zero-order valence-corrected chi connectivity index (χ0v) is 18.4. The fraction of sp³-hybridized carbons (Fsp3) is 0.500. The average Bonchev–Trinajstić information content (AvgIpc) is 3.15. The molecule has 0 radical (unpaired) electrons. The van der Waals surface area contributed by atoms with Gasteiger partial charge in [0.2, 0.25) is 10.0 Å². The number of alkyl halides is 3. The van der Waals surface area contributed by atoms with Gasteiger partial charge in [0.15, 0.2) is 5.69 Å². The number of carbonyl (C=O) groups excluding carboxylic acids is 1. The number of nitrogens with one attached hydrogen (secondary N) is 1. The minimum Gasteiger partial charge on any atom is -0.330 e. The first-order chi connectivity index (χ1) is 15.0. The Morgan fingerprint density at radius 2 is 1.94 bits per heavy atom. The zero-order valence-electron chi connectivity index (χ0n) is 17.6. The van der Waals surface area contributed by atoms with Gasteiger partial charge in [0.1, 0.15) is 5.69 Å². The van der Waals surface area contributed by atoms with Crippen LogP contribution in [-0.2, 0) is 23.2 Å². The highest BCUT2D eigenvalue weighted by Gasteiger charge is 2.36. The second-order valence-electron chi connectivity index (χ2n) is 7.71. The van der Waals surface area contributed by atoms with Gasteiger partial charge in [-0.3, -0.25) is 9.48 Å². The summed E-state index contributed by atoms with van der Waals surface area (Å²) in [6.07, 6.45) is -0.672. The summed E-state index contributed by atoms with van der Waals surface area (Å²) in [4.78, 5) is 12.5. The summed E-state index contributed by atoms with van der Waals surface area (Å²) >= 11 is 0. The van der Waals surface area contributed by atoms with E-state index in [9.17, 15) is 26.4 Å². The molecule has 1 atom stereocenters. The Hall–Kier alpha value is -2.44. The fourth-order valence-corrected chi connectivity index (χ4v) is 5.52. The van der Waals surface area contributed by atoms with Gasteiger partial charge in [-0.1, -0.05) is 6.42 Å². The third kappa shape index (κ3) is 5.30. The number of nitrogens with zero attached hydrogens (tertiary/aromatic N) is 3. The number of benzene rings is 1. The number of rotatable bonds is 7. The number of aryl methyl sites for hydroxylation is 1. The van der Waals surface area contributed by atoms with Gasteiger partial charge in [-0.15, -0.1) is 0 Å². The van der Waals surface area contributed by atoms with Crippen molar-refractivity contribution in [2.24, 2.45) is 12.8 Å². The molecule has 0 spiro atoms. The van der Waals surface area contributed by atoms with Crippen LogP contribution >= 0.6 is 0 Å². The Kier molecular flexibility index (Phi) is 7.25. The van der Waals surface area contributed by atoms with Crippen LogP contribution in [0, 0.1) is 0 Å². The standard InChI is InChI=1S/C20H26F3N5O3S/c1-27-17(13-18(26-27)20(21,22)23)19(29)25-14-7-9-16(10-8-14)32(30,31)28-12-3-2-5-15(28)6-4-11-24/h7-10,13,15H,2-6,11-12,24H2,1H3,(H,25,29). The highest BCUT2D eigenvalue weighted by Crippen LogP contribution is 2.30. The number of halogens is 3. The van der Waals surface area contributed by atoms with Crippen molar-refractivity contribution in [1.82, 2.24) is 14.1 Å². The lowest BCUT2D eigenvalue weighted by atomic mass is 10.0. The first-order valence-electron chi connectivity index (χ1n) is 10.3. The van der Waals surface area contributed by atoms with Crippen LogP contribution in [0.1, 0.15) is 48.3 Å². The lowest BCUT2D eigenvalue weighted by Gasteiger charge is -2.34. The molecule has 1 saturated heterocycles. The Morgan fingerprint density at radius 1 is 1.25 bits per heavy atom. The molecule has 1 aliphatic rings. The number of hydrogen-bond acceptors (Lipinski definition) is 5. The van der Waals surface area contributed by atoms with Crippen molar-refractivity contribution in [3.05, 3.63) is 41.7 Å². The maximum absolute atomic E-state index is 13.1. The molecule has 1 amide bonds. The van der Waals surface area contributed by atoms with E-state index in [-0.39, 0.29) is 22.3 Å². The summed E-state index contributed by atoms with van der Waals surface area (Å²) in [7, 11) is -2.48. The number of nitrogens with two attached hydrogens (primary N) is 1. The van der Waals surface area contributed by atoms with Crippen molar-refractivity contribution in [3.63, 3.8) is 0 Å². The number of sulfonamides is 1. The zero-order chi connectivity index (χ0) is 23.5. The lowest BCUT2D eigenvalue weighted by molar-refractivity contribution is -0.141. The minimum absolute atomic E-state index is 0.0926. The first-order valence-corrected chi connectivity index (χ1v) is 11.7. The average molecular weight is 474 g/mol. The third-order valence-electron chi connectivity index (χ3n) is 5.44. The summed E-state index contributed by atoms with van der Waals surface area (Å²) in [5.74, 6) is -0.788. The van der Waals surface area contributed by atoms with Crippen LogP contribution in [0.2, 0.25) is 0 Å². The van der Waals surface area contributed by atoms with Gasteiger partial charge in [0.05, 0.1) is 4.90 Å². The summed E-state index contributed by atoms with van der Waals surface area (Å²) in [5.41, 5.74) is 4.39. The van der Waals surface area contributed by atoms with Crippen LogP contribution < -0.4 is 11.1 Å². The smallest absolute Gasteiger partial charge is 0.330 e. The number of aromatic nitrogens is 2. The van der Waals surface area contributed by atoms with E-state index in [4.69, 9.17) is 5.73 Å². The van der Waals surface area contributed by atoms with Crippen LogP contribution in [0.3, 0.4) is 0 Å². The Balaban J connectivity index is 1.74. The lowest BCUT2D eigenvalue weighted by Crippen LogP contribution is -2.43. The normalized spacial score (nSPS) is 18.0. The molecule has 0 aliphatic carbocycles. The van der Waals surface area contributed by atoms with Crippen molar-refractivity contribution < 1.29 is 26.4 Å². The molecule has 1 aromatic carbocycles. The van der Waals surface area contributed by atoms with E-state index in [0.717, 1.165) is 30.4 Å². The van der Waals surface area contributed by atoms with Crippen molar-refractivity contribution in [2.45, 2.75) is 49.2 Å². The minimum atomic E-state index is -4.66. The number of piperidine rings is 1. The highest BCUT2D eigenvalue weighted by molar-refractivity contribution is 7.89. The van der Waals surface area contributed by atoms with Crippen LogP contribution in [0.4, 0.5) is 18.9 Å². The van der Waals surface area contributed by atoms with E-state index >= 15 is 0 Å². The molecule has 176 valence electrons. The molecular weight excluding hydrogens is 447 g/mol. The predicted molar refractivity (Wildman–Crippen MR) is 112 cm³/mol. The van der Waals surface area contributed by atoms with E-state index in [1.165, 1.54) is 35.6 Å². The summed E-state index contributed by atoms with van der Waals surface area (Å²) in [6.45, 7) is 0.942. The van der Waals surface area contributed by atoms with Gasteiger partial charge < -0.3 is 11.1 Å². The Bertz CT molecular complexity index is 1050. The van der Waals surface area contributed by atoms with Crippen molar-refractivity contribution in [2.75, 3.05) is 18.4 Å². The van der Waals surface area contributed by atoms with Gasteiger partial charge in [0, 0.05) is 31.4 Å². The molecule has 8 nitrogen and oxygen atoms in total. The molecule has 12 heteroatoms. The third-order valence-corrected chi connectivity index (χ3v) is 7.40. The van der Waals surface area contributed by atoms with Crippen molar-refractivity contribution >= 4 is 21.6 Å². The molecule has 0 bridgehead atoms. The van der Waals surface area contributed by atoms with Gasteiger partial charge in [-0.25, -0.2) is 8.42 Å². The SMILES string of the molecule is Cn1nc(C(F)(F)F)cc1C(=O)Nc1ccc(S(=O)(=O)N2CCCCC2CCCN)cc1. The number of anilines is 1. The molecule has 2 aromatic rings. The molecule has 1 aromatic heterocycles. The molecule has 1 unspecified atom stereocenters.